The number of aryl methyl sites for hydroxylation is 1. The number of ether oxygens (including phenoxy) is 1. The van der Waals surface area contributed by atoms with Crippen LogP contribution in [0.4, 0.5) is 0 Å². The Bertz CT molecular complexity index is 1120. The quantitative estimate of drug-likeness (QED) is 0.588. The number of methoxy groups -OCH3 is 1. The highest BCUT2D eigenvalue weighted by Gasteiger charge is 2.29. The fourth-order valence-electron chi connectivity index (χ4n) is 3.62. The predicted octanol–water partition coefficient (Wildman–Crippen LogP) is 4.87. The Kier molecular flexibility index (Phi) is 5.41. The van der Waals surface area contributed by atoms with Crippen molar-refractivity contribution >= 4 is 15.7 Å². The number of rotatable bonds is 6. The summed E-state index contributed by atoms with van der Waals surface area (Å²) in [5.74, 6) is 0.626. The molecule has 29 heavy (non-hydrogen) atoms. The van der Waals surface area contributed by atoms with Crippen molar-refractivity contribution in [3.63, 3.8) is 0 Å². The summed E-state index contributed by atoms with van der Waals surface area (Å²) in [6.07, 6.45) is 3.77. The van der Waals surface area contributed by atoms with Gasteiger partial charge in [0.25, 0.3) is 10.0 Å². The molecule has 0 fully saturated rings. The second kappa shape index (κ2) is 8.13. The standard InChI is InChI=1S/C24H23NO3S/c1-28-21-14-16-22(17-15-21)29(26,27)25(18-19-8-3-2-4-9-19)24-13-7-11-20-10-5-6-12-23(20)24/h2-6,8-10,12-17H,7,11,18H2,1H3. The van der Waals surface area contributed by atoms with E-state index in [2.05, 4.69) is 6.07 Å². The van der Waals surface area contributed by atoms with Crippen LogP contribution in [-0.2, 0) is 23.0 Å². The van der Waals surface area contributed by atoms with Crippen LogP contribution in [0.15, 0.2) is 89.8 Å². The predicted molar refractivity (Wildman–Crippen MR) is 115 cm³/mol. The zero-order chi connectivity index (χ0) is 20.3. The summed E-state index contributed by atoms with van der Waals surface area (Å²) in [6, 6.07) is 24.3. The van der Waals surface area contributed by atoms with E-state index in [-0.39, 0.29) is 11.4 Å². The van der Waals surface area contributed by atoms with Crippen molar-refractivity contribution in [2.24, 2.45) is 0 Å². The maximum Gasteiger partial charge on any atom is 0.264 e. The van der Waals surface area contributed by atoms with E-state index in [9.17, 15) is 8.42 Å². The summed E-state index contributed by atoms with van der Waals surface area (Å²) in [4.78, 5) is 0.248. The molecule has 0 radical (unpaired) electrons. The van der Waals surface area contributed by atoms with Crippen LogP contribution in [0.1, 0.15) is 23.1 Å². The Morgan fingerprint density at radius 1 is 0.897 bits per heavy atom. The zero-order valence-corrected chi connectivity index (χ0v) is 17.1. The van der Waals surface area contributed by atoms with Gasteiger partial charge in [0.05, 0.1) is 24.2 Å². The number of allylic oxidation sites excluding steroid dienone is 1. The molecular weight excluding hydrogens is 382 g/mol. The summed E-state index contributed by atoms with van der Waals surface area (Å²) in [7, 11) is -2.19. The molecule has 0 atom stereocenters. The number of nitrogens with zero attached hydrogens (tertiary/aromatic N) is 1. The Hall–Kier alpha value is -3.05. The van der Waals surface area contributed by atoms with Crippen LogP contribution >= 0.6 is 0 Å². The van der Waals surface area contributed by atoms with Gasteiger partial charge in [-0.05, 0) is 48.2 Å². The molecule has 0 bridgehead atoms. The van der Waals surface area contributed by atoms with Crippen molar-refractivity contribution in [3.8, 4) is 5.75 Å². The molecule has 3 aromatic carbocycles. The third kappa shape index (κ3) is 3.91. The van der Waals surface area contributed by atoms with E-state index in [1.165, 1.54) is 9.87 Å². The van der Waals surface area contributed by atoms with Gasteiger partial charge in [0, 0.05) is 5.56 Å². The first-order chi connectivity index (χ1) is 14.1. The summed E-state index contributed by atoms with van der Waals surface area (Å²) in [6.45, 7) is 0.273. The van der Waals surface area contributed by atoms with Gasteiger partial charge in [0.2, 0.25) is 0 Å². The second-order valence-electron chi connectivity index (χ2n) is 6.96. The van der Waals surface area contributed by atoms with E-state index in [0.717, 1.165) is 29.7 Å². The van der Waals surface area contributed by atoms with Crippen LogP contribution in [-0.4, -0.2) is 19.8 Å². The average Bonchev–Trinajstić information content (AvgIpc) is 2.78. The number of hydrogen-bond acceptors (Lipinski definition) is 3. The molecule has 5 heteroatoms. The molecule has 1 aliphatic carbocycles. The lowest BCUT2D eigenvalue weighted by molar-refractivity contribution is 0.414. The molecular formula is C24H23NO3S. The Labute approximate surface area is 172 Å². The van der Waals surface area contributed by atoms with Crippen molar-refractivity contribution in [2.75, 3.05) is 7.11 Å². The van der Waals surface area contributed by atoms with Crippen LogP contribution < -0.4 is 4.74 Å². The average molecular weight is 406 g/mol. The van der Waals surface area contributed by atoms with Crippen molar-refractivity contribution < 1.29 is 13.2 Å². The molecule has 0 saturated heterocycles. The molecule has 3 aromatic rings. The van der Waals surface area contributed by atoms with E-state index in [4.69, 9.17) is 4.74 Å². The van der Waals surface area contributed by atoms with Crippen LogP contribution in [0.3, 0.4) is 0 Å². The molecule has 0 heterocycles. The lowest BCUT2D eigenvalue weighted by Crippen LogP contribution is -2.30. The number of fused-ring (bicyclic) bond motifs is 1. The fourth-order valence-corrected chi connectivity index (χ4v) is 5.11. The minimum absolute atomic E-state index is 0.248. The van der Waals surface area contributed by atoms with Crippen LogP contribution in [0.2, 0.25) is 0 Å². The van der Waals surface area contributed by atoms with Crippen LogP contribution in [0.25, 0.3) is 5.70 Å². The minimum Gasteiger partial charge on any atom is -0.497 e. The van der Waals surface area contributed by atoms with E-state index in [1.54, 1.807) is 31.4 Å². The zero-order valence-electron chi connectivity index (χ0n) is 16.3. The van der Waals surface area contributed by atoms with Crippen molar-refractivity contribution in [2.45, 2.75) is 24.3 Å². The largest absolute Gasteiger partial charge is 0.497 e. The Balaban J connectivity index is 1.81. The van der Waals surface area contributed by atoms with Crippen molar-refractivity contribution in [1.82, 2.24) is 4.31 Å². The van der Waals surface area contributed by atoms with Crippen LogP contribution in [0, 0.1) is 0 Å². The summed E-state index contributed by atoms with van der Waals surface area (Å²) in [5, 5.41) is 0. The first-order valence-electron chi connectivity index (χ1n) is 9.59. The van der Waals surface area contributed by atoms with Gasteiger partial charge in [-0.1, -0.05) is 60.7 Å². The molecule has 4 rings (SSSR count). The maximum atomic E-state index is 13.7. The van der Waals surface area contributed by atoms with E-state index in [1.807, 2.05) is 54.6 Å². The summed E-state index contributed by atoms with van der Waals surface area (Å²) in [5.41, 5.74) is 3.83. The lowest BCUT2D eigenvalue weighted by atomic mass is 9.94. The van der Waals surface area contributed by atoms with E-state index < -0.39 is 10.0 Å². The highest BCUT2D eigenvalue weighted by molar-refractivity contribution is 7.89. The van der Waals surface area contributed by atoms with Gasteiger partial charge in [0.15, 0.2) is 0 Å². The Morgan fingerprint density at radius 2 is 1.59 bits per heavy atom. The molecule has 148 valence electrons. The van der Waals surface area contributed by atoms with Crippen molar-refractivity contribution in [3.05, 3.63) is 102 Å². The monoisotopic (exact) mass is 405 g/mol. The molecule has 0 aromatic heterocycles. The molecule has 4 nitrogen and oxygen atoms in total. The highest BCUT2D eigenvalue weighted by atomic mass is 32.2. The molecule has 0 amide bonds. The first kappa shape index (κ1) is 19.3. The van der Waals surface area contributed by atoms with Gasteiger partial charge in [-0.3, -0.25) is 4.31 Å². The summed E-state index contributed by atoms with van der Waals surface area (Å²) >= 11 is 0. The fraction of sp³-hybridized carbons (Fsp3) is 0.167. The lowest BCUT2D eigenvalue weighted by Gasteiger charge is -2.30. The normalized spacial score (nSPS) is 13.3. The van der Waals surface area contributed by atoms with Gasteiger partial charge in [-0.15, -0.1) is 0 Å². The third-order valence-electron chi connectivity index (χ3n) is 5.13. The van der Waals surface area contributed by atoms with Gasteiger partial charge in [0.1, 0.15) is 5.75 Å². The SMILES string of the molecule is COc1ccc(S(=O)(=O)N(Cc2ccccc2)C2=CCCc3ccccc32)cc1. The maximum absolute atomic E-state index is 13.7. The topological polar surface area (TPSA) is 46.6 Å². The highest BCUT2D eigenvalue weighted by Crippen LogP contribution is 2.34. The van der Waals surface area contributed by atoms with Crippen LogP contribution in [0.5, 0.6) is 5.75 Å². The second-order valence-corrected chi connectivity index (χ2v) is 8.82. The smallest absolute Gasteiger partial charge is 0.264 e. The number of hydrogen-bond donors (Lipinski definition) is 0. The van der Waals surface area contributed by atoms with Gasteiger partial charge in [-0.25, -0.2) is 8.42 Å². The number of benzene rings is 3. The third-order valence-corrected chi connectivity index (χ3v) is 6.90. The molecule has 0 saturated carbocycles. The van der Waals surface area contributed by atoms with E-state index in [0.29, 0.717) is 5.75 Å². The molecule has 0 N–H and O–H groups in total. The summed E-state index contributed by atoms with van der Waals surface area (Å²) < 4.78 is 34.1. The van der Waals surface area contributed by atoms with Gasteiger partial charge in [-0.2, -0.15) is 0 Å². The Morgan fingerprint density at radius 3 is 2.31 bits per heavy atom. The van der Waals surface area contributed by atoms with Gasteiger partial charge >= 0.3 is 0 Å². The first-order valence-corrected chi connectivity index (χ1v) is 11.0. The molecule has 0 spiro atoms. The number of sulfonamides is 1. The molecule has 0 unspecified atom stereocenters. The van der Waals surface area contributed by atoms with Gasteiger partial charge < -0.3 is 4.74 Å². The van der Waals surface area contributed by atoms with Crippen molar-refractivity contribution in [1.29, 1.82) is 0 Å². The van der Waals surface area contributed by atoms with E-state index >= 15 is 0 Å². The molecule has 1 aliphatic rings. The minimum atomic E-state index is -3.76. The molecule has 0 aliphatic heterocycles.